The van der Waals surface area contributed by atoms with Crippen LogP contribution in [0.5, 0.6) is 0 Å². The lowest BCUT2D eigenvalue weighted by Crippen LogP contribution is -2.31. The van der Waals surface area contributed by atoms with Crippen LogP contribution in [0.2, 0.25) is 0 Å². The van der Waals surface area contributed by atoms with E-state index in [1.807, 2.05) is 6.07 Å². The molecule has 1 amide bonds. The van der Waals surface area contributed by atoms with Gasteiger partial charge in [0.15, 0.2) is 0 Å². The van der Waals surface area contributed by atoms with Crippen LogP contribution in [0, 0.1) is 23.0 Å². The molecule has 18 heavy (non-hydrogen) atoms. The predicted molar refractivity (Wildman–Crippen MR) is 63.2 cm³/mol. The molecule has 0 radical (unpaired) electrons. The summed E-state index contributed by atoms with van der Waals surface area (Å²) in [6.07, 6.45) is 2.51. The lowest BCUT2D eigenvalue weighted by atomic mass is 10.2. The number of carbonyl (C=O) groups excluding carboxylic acids is 1. The van der Waals surface area contributed by atoms with E-state index in [2.05, 4.69) is 5.32 Å². The maximum absolute atomic E-state index is 13.2. The third-order valence-electron chi connectivity index (χ3n) is 2.28. The smallest absolute Gasteiger partial charge is 0.245 e. The summed E-state index contributed by atoms with van der Waals surface area (Å²) in [5.41, 5.74) is -0.280. The predicted octanol–water partition coefficient (Wildman–Crippen LogP) is 2.40. The zero-order valence-electron chi connectivity index (χ0n) is 9.78. The van der Waals surface area contributed by atoms with E-state index in [0.717, 1.165) is 24.3 Å². The summed E-state index contributed by atoms with van der Waals surface area (Å²) in [7, 11) is 0. The average Bonchev–Trinajstić information content (AvgIpc) is 2.35. The fourth-order valence-electron chi connectivity index (χ4n) is 1.27. The van der Waals surface area contributed by atoms with E-state index in [-0.39, 0.29) is 5.56 Å². The largest absolute Gasteiger partial charge is 0.337 e. The minimum Gasteiger partial charge on any atom is -0.337 e. The van der Waals surface area contributed by atoms with E-state index < -0.39 is 23.6 Å². The summed E-state index contributed by atoms with van der Waals surface area (Å²) in [6, 6.07) is 4.73. The summed E-state index contributed by atoms with van der Waals surface area (Å²) in [5, 5.41) is 11.0. The highest BCUT2D eigenvalue weighted by atomic mass is 19.1. The number of nitrogens with one attached hydrogen (secondary N) is 1. The van der Waals surface area contributed by atoms with Crippen LogP contribution < -0.4 is 5.32 Å². The van der Waals surface area contributed by atoms with Gasteiger partial charge in [-0.2, -0.15) is 5.26 Å². The van der Waals surface area contributed by atoms with Gasteiger partial charge in [-0.3, -0.25) is 4.79 Å². The van der Waals surface area contributed by atoms with Gasteiger partial charge in [-0.05, 0) is 24.6 Å². The van der Waals surface area contributed by atoms with Crippen molar-refractivity contribution in [1.82, 2.24) is 5.32 Å². The zero-order valence-corrected chi connectivity index (χ0v) is 9.78. The molecule has 1 rings (SSSR count). The van der Waals surface area contributed by atoms with Gasteiger partial charge in [0.25, 0.3) is 0 Å². The first kappa shape index (κ1) is 13.8. The van der Waals surface area contributed by atoms with Gasteiger partial charge in [0.2, 0.25) is 5.91 Å². The van der Waals surface area contributed by atoms with Crippen LogP contribution in [-0.4, -0.2) is 11.9 Å². The number of halogens is 2. The Labute approximate surface area is 104 Å². The number of amides is 1. The first-order valence-electron chi connectivity index (χ1n) is 5.40. The minimum absolute atomic E-state index is 0.280. The van der Waals surface area contributed by atoms with E-state index in [1.54, 1.807) is 6.92 Å². The number of rotatable bonds is 4. The maximum atomic E-state index is 13.2. The third-order valence-corrected chi connectivity index (χ3v) is 2.28. The molecule has 5 heteroatoms. The molecule has 0 aromatic heterocycles. The average molecular weight is 250 g/mol. The number of nitriles is 1. The van der Waals surface area contributed by atoms with Gasteiger partial charge in [0.1, 0.15) is 17.7 Å². The van der Waals surface area contributed by atoms with Crippen LogP contribution >= 0.6 is 0 Å². The first-order chi connectivity index (χ1) is 8.58. The Hall–Kier alpha value is -2.22. The SMILES string of the molecule is CCC(C#N)NC(=O)/C=C/c1c(F)cccc1F. The molecule has 94 valence electrons. The Kier molecular flexibility index (Phi) is 5.00. The lowest BCUT2D eigenvalue weighted by Gasteiger charge is -2.05. The van der Waals surface area contributed by atoms with E-state index in [1.165, 1.54) is 6.07 Å². The molecule has 3 nitrogen and oxygen atoms in total. The second-order valence-electron chi connectivity index (χ2n) is 3.57. The van der Waals surface area contributed by atoms with E-state index in [9.17, 15) is 13.6 Å². The number of hydrogen-bond donors (Lipinski definition) is 1. The van der Waals surface area contributed by atoms with E-state index in [4.69, 9.17) is 5.26 Å². The molecule has 0 saturated heterocycles. The van der Waals surface area contributed by atoms with Crippen molar-refractivity contribution in [1.29, 1.82) is 5.26 Å². The fourth-order valence-corrected chi connectivity index (χ4v) is 1.27. The Morgan fingerprint density at radius 1 is 1.50 bits per heavy atom. The molecule has 0 bridgehead atoms. The van der Waals surface area contributed by atoms with Gasteiger partial charge >= 0.3 is 0 Å². The molecule has 0 heterocycles. The first-order valence-corrected chi connectivity index (χ1v) is 5.40. The van der Waals surface area contributed by atoms with Gasteiger partial charge in [-0.1, -0.05) is 13.0 Å². The van der Waals surface area contributed by atoms with Gasteiger partial charge in [-0.25, -0.2) is 8.78 Å². The lowest BCUT2D eigenvalue weighted by molar-refractivity contribution is -0.116. The summed E-state index contributed by atoms with van der Waals surface area (Å²) in [6.45, 7) is 1.74. The molecule has 0 aliphatic heterocycles. The minimum atomic E-state index is -0.744. The van der Waals surface area contributed by atoms with Crippen LogP contribution in [0.1, 0.15) is 18.9 Å². The van der Waals surface area contributed by atoms with E-state index in [0.29, 0.717) is 6.42 Å². The Morgan fingerprint density at radius 2 is 2.11 bits per heavy atom. The Bertz CT molecular complexity index is 486. The second kappa shape index (κ2) is 6.50. The topological polar surface area (TPSA) is 52.9 Å². The van der Waals surface area contributed by atoms with Crippen LogP contribution in [-0.2, 0) is 4.79 Å². The molecule has 0 aliphatic rings. The highest BCUT2D eigenvalue weighted by molar-refractivity contribution is 5.92. The molecular weight excluding hydrogens is 238 g/mol. The molecule has 0 fully saturated rings. The number of benzene rings is 1. The fraction of sp³-hybridized carbons (Fsp3) is 0.231. The van der Waals surface area contributed by atoms with Crippen LogP contribution in [0.3, 0.4) is 0 Å². The van der Waals surface area contributed by atoms with Gasteiger partial charge in [0.05, 0.1) is 6.07 Å². The zero-order chi connectivity index (χ0) is 13.5. The van der Waals surface area contributed by atoms with Crippen molar-refractivity contribution in [2.45, 2.75) is 19.4 Å². The van der Waals surface area contributed by atoms with Crippen LogP contribution in [0.4, 0.5) is 8.78 Å². The summed E-state index contributed by atoms with van der Waals surface area (Å²) in [5.74, 6) is -2.05. The van der Waals surface area contributed by atoms with Crippen molar-refractivity contribution in [2.75, 3.05) is 0 Å². The number of carbonyl (C=O) groups is 1. The molecule has 0 spiro atoms. The summed E-state index contributed by atoms with van der Waals surface area (Å²) < 4.78 is 26.4. The van der Waals surface area contributed by atoms with Crippen molar-refractivity contribution in [3.63, 3.8) is 0 Å². The van der Waals surface area contributed by atoms with Crippen LogP contribution in [0.15, 0.2) is 24.3 Å². The number of nitrogens with zero attached hydrogens (tertiary/aromatic N) is 1. The summed E-state index contributed by atoms with van der Waals surface area (Å²) >= 11 is 0. The van der Waals surface area contributed by atoms with E-state index >= 15 is 0 Å². The van der Waals surface area contributed by atoms with Gasteiger partial charge in [0, 0.05) is 11.6 Å². The molecule has 1 atom stereocenters. The molecule has 1 aromatic rings. The Balaban J connectivity index is 2.76. The molecule has 1 unspecified atom stereocenters. The van der Waals surface area contributed by atoms with Crippen molar-refractivity contribution in [3.8, 4) is 6.07 Å². The normalized spacial score (nSPS) is 12.1. The molecule has 0 aliphatic carbocycles. The van der Waals surface area contributed by atoms with Crippen molar-refractivity contribution in [2.24, 2.45) is 0 Å². The molecule has 1 aromatic carbocycles. The van der Waals surface area contributed by atoms with Crippen LogP contribution in [0.25, 0.3) is 6.08 Å². The van der Waals surface area contributed by atoms with Gasteiger partial charge < -0.3 is 5.32 Å². The third kappa shape index (κ3) is 3.67. The van der Waals surface area contributed by atoms with Crippen molar-refractivity contribution in [3.05, 3.63) is 41.5 Å². The number of hydrogen-bond acceptors (Lipinski definition) is 2. The van der Waals surface area contributed by atoms with Crippen molar-refractivity contribution >= 4 is 12.0 Å². The molecule has 1 N–H and O–H groups in total. The van der Waals surface area contributed by atoms with Gasteiger partial charge in [-0.15, -0.1) is 0 Å². The summed E-state index contributed by atoms with van der Waals surface area (Å²) in [4.78, 5) is 11.4. The standard InChI is InChI=1S/C13H12F2N2O/c1-2-9(8-16)17-13(18)7-6-10-11(14)4-3-5-12(10)15/h3-7,9H,2H2,1H3,(H,17,18)/b7-6+. The monoisotopic (exact) mass is 250 g/mol. The molecular formula is C13H12F2N2O. The maximum Gasteiger partial charge on any atom is 0.245 e. The highest BCUT2D eigenvalue weighted by Crippen LogP contribution is 2.13. The molecule has 0 saturated carbocycles. The Morgan fingerprint density at radius 3 is 2.61 bits per heavy atom. The highest BCUT2D eigenvalue weighted by Gasteiger charge is 2.08. The van der Waals surface area contributed by atoms with Crippen molar-refractivity contribution < 1.29 is 13.6 Å². The second-order valence-corrected chi connectivity index (χ2v) is 3.57. The quantitative estimate of drug-likeness (QED) is 0.834.